The van der Waals surface area contributed by atoms with E-state index in [0.29, 0.717) is 5.69 Å². The minimum Gasteiger partial charge on any atom is -0.347 e. The number of hydrogen-bond donors (Lipinski definition) is 2. The van der Waals surface area contributed by atoms with Crippen molar-refractivity contribution < 1.29 is 9.59 Å². The van der Waals surface area contributed by atoms with Gasteiger partial charge in [0.05, 0.1) is 18.4 Å². The van der Waals surface area contributed by atoms with E-state index >= 15 is 0 Å². The molecule has 0 spiro atoms. The fraction of sp³-hybridized carbons (Fsp3) is 0.222. The highest BCUT2D eigenvalue weighted by molar-refractivity contribution is 5.94. The minimum absolute atomic E-state index is 0.0236. The van der Waals surface area contributed by atoms with Gasteiger partial charge in [-0.15, -0.1) is 0 Å². The van der Waals surface area contributed by atoms with Gasteiger partial charge in [0.2, 0.25) is 11.8 Å². The van der Waals surface area contributed by atoms with Crippen LogP contribution >= 0.6 is 0 Å². The lowest BCUT2D eigenvalue weighted by Gasteiger charge is -2.04. The van der Waals surface area contributed by atoms with E-state index in [2.05, 4.69) is 15.6 Å². The summed E-state index contributed by atoms with van der Waals surface area (Å²) in [5.74, 6) is -0.500. The normalized spacial score (nSPS) is 9.21. The van der Waals surface area contributed by atoms with Gasteiger partial charge in [-0.1, -0.05) is 0 Å². The van der Waals surface area contributed by atoms with Crippen LogP contribution in [-0.4, -0.2) is 23.3 Å². The first-order valence-corrected chi connectivity index (χ1v) is 4.13. The molecule has 0 bridgehead atoms. The van der Waals surface area contributed by atoms with Crippen molar-refractivity contribution in [2.75, 3.05) is 11.9 Å². The summed E-state index contributed by atoms with van der Waals surface area (Å²) in [5.41, 5.74) is 0.614. The Labute approximate surface area is 81.5 Å². The van der Waals surface area contributed by atoms with Crippen LogP contribution in [0, 0.1) is 0 Å². The average molecular weight is 193 g/mol. The first kappa shape index (κ1) is 10.2. The van der Waals surface area contributed by atoms with Crippen LogP contribution in [0.3, 0.4) is 0 Å². The van der Waals surface area contributed by atoms with Gasteiger partial charge in [-0.2, -0.15) is 0 Å². The predicted octanol–water partition coefficient (Wildman–Crippen LogP) is 0.156. The van der Waals surface area contributed by atoms with Crippen LogP contribution in [0.2, 0.25) is 0 Å². The number of anilines is 1. The molecule has 1 aromatic heterocycles. The Kier molecular flexibility index (Phi) is 3.60. The molecular weight excluding hydrogens is 182 g/mol. The number of nitrogens with zero attached hydrogens (tertiary/aromatic N) is 1. The number of rotatable bonds is 3. The molecule has 1 aromatic rings. The van der Waals surface area contributed by atoms with Crippen molar-refractivity contribution in [2.45, 2.75) is 6.92 Å². The molecule has 1 heterocycles. The second kappa shape index (κ2) is 4.96. The van der Waals surface area contributed by atoms with Crippen molar-refractivity contribution in [3.63, 3.8) is 0 Å². The number of nitrogens with one attached hydrogen (secondary N) is 2. The highest BCUT2D eigenvalue weighted by atomic mass is 16.2. The second-order valence-corrected chi connectivity index (χ2v) is 2.70. The van der Waals surface area contributed by atoms with Crippen molar-refractivity contribution in [1.82, 2.24) is 10.3 Å². The Morgan fingerprint density at radius 3 is 2.86 bits per heavy atom. The van der Waals surface area contributed by atoms with Gasteiger partial charge in [0.15, 0.2) is 0 Å². The number of amides is 2. The number of carbonyl (C=O) groups is 2. The smallest absolute Gasteiger partial charge is 0.243 e. The molecule has 14 heavy (non-hydrogen) atoms. The lowest BCUT2D eigenvalue weighted by Crippen LogP contribution is -2.31. The Balaban J connectivity index is 2.38. The number of pyridine rings is 1. The standard InChI is InChI=1S/C9H11N3O2/c1-7(13)11-6-9(14)12-8-3-2-4-10-5-8/h2-5H,6H2,1H3,(H,11,13)(H,12,14). The molecule has 0 aliphatic heterocycles. The first-order valence-electron chi connectivity index (χ1n) is 4.13. The van der Waals surface area contributed by atoms with E-state index in [1.807, 2.05) is 0 Å². The van der Waals surface area contributed by atoms with Gasteiger partial charge >= 0.3 is 0 Å². The molecule has 0 aliphatic carbocycles. The highest BCUT2D eigenvalue weighted by Gasteiger charge is 2.01. The summed E-state index contributed by atoms with van der Waals surface area (Å²) in [6, 6.07) is 3.44. The molecule has 0 unspecified atom stereocenters. The van der Waals surface area contributed by atoms with Crippen LogP contribution in [-0.2, 0) is 9.59 Å². The highest BCUT2D eigenvalue weighted by Crippen LogP contribution is 2.01. The average Bonchev–Trinajstić information content (AvgIpc) is 2.16. The maximum atomic E-state index is 11.2. The maximum Gasteiger partial charge on any atom is 0.243 e. The fourth-order valence-electron chi connectivity index (χ4n) is 0.847. The Morgan fingerprint density at radius 1 is 1.50 bits per heavy atom. The van der Waals surface area contributed by atoms with Gasteiger partial charge in [0.25, 0.3) is 0 Å². The van der Waals surface area contributed by atoms with Gasteiger partial charge in [-0.05, 0) is 12.1 Å². The molecular formula is C9H11N3O2. The van der Waals surface area contributed by atoms with Gasteiger partial charge < -0.3 is 10.6 Å². The van der Waals surface area contributed by atoms with Crippen LogP contribution in [0.4, 0.5) is 5.69 Å². The maximum absolute atomic E-state index is 11.2. The molecule has 2 N–H and O–H groups in total. The number of carbonyl (C=O) groups excluding carboxylic acids is 2. The zero-order valence-electron chi connectivity index (χ0n) is 7.78. The third-order valence-electron chi connectivity index (χ3n) is 1.44. The largest absolute Gasteiger partial charge is 0.347 e. The van der Waals surface area contributed by atoms with Crippen molar-refractivity contribution in [1.29, 1.82) is 0 Å². The Morgan fingerprint density at radius 2 is 2.29 bits per heavy atom. The molecule has 1 rings (SSSR count). The van der Waals surface area contributed by atoms with Crippen molar-refractivity contribution in [3.05, 3.63) is 24.5 Å². The van der Waals surface area contributed by atoms with E-state index in [9.17, 15) is 9.59 Å². The zero-order valence-corrected chi connectivity index (χ0v) is 7.78. The van der Waals surface area contributed by atoms with Gasteiger partial charge in [0, 0.05) is 13.1 Å². The topological polar surface area (TPSA) is 71.1 Å². The fourth-order valence-corrected chi connectivity index (χ4v) is 0.847. The quantitative estimate of drug-likeness (QED) is 0.718. The van der Waals surface area contributed by atoms with Crippen LogP contribution in [0.1, 0.15) is 6.92 Å². The first-order chi connectivity index (χ1) is 6.68. The second-order valence-electron chi connectivity index (χ2n) is 2.70. The lowest BCUT2D eigenvalue weighted by molar-refractivity contribution is -0.122. The van der Waals surface area contributed by atoms with E-state index in [0.717, 1.165) is 0 Å². The number of hydrogen-bond acceptors (Lipinski definition) is 3. The summed E-state index contributed by atoms with van der Waals surface area (Å²) in [4.78, 5) is 25.5. The summed E-state index contributed by atoms with van der Waals surface area (Å²) >= 11 is 0. The van der Waals surface area contributed by atoms with E-state index in [4.69, 9.17) is 0 Å². The molecule has 0 fully saturated rings. The van der Waals surface area contributed by atoms with E-state index in [1.54, 1.807) is 18.3 Å². The predicted molar refractivity (Wildman–Crippen MR) is 51.6 cm³/mol. The van der Waals surface area contributed by atoms with E-state index in [1.165, 1.54) is 13.1 Å². The summed E-state index contributed by atoms with van der Waals surface area (Å²) in [7, 11) is 0. The SMILES string of the molecule is CC(=O)NCC(=O)Nc1cccnc1. The lowest BCUT2D eigenvalue weighted by atomic mass is 10.4. The van der Waals surface area contributed by atoms with Crippen molar-refractivity contribution in [2.24, 2.45) is 0 Å². The molecule has 0 saturated carbocycles. The van der Waals surface area contributed by atoms with Gasteiger partial charge in [-0.3, -0.25) is 14.6 Å². The van der Waals surface area contributed by atoms with Crippen molar-refractivity contribution in [3.8, 4) is 0 Å². The summed E-state index contributed by atoms with van der Waals surface area (Å²) < 4.78 is 0. The van der Waals surface area contributed by atoms with Crippen LogP contribution in [0.15, 0.2) is 24.5 Å². The molecule has 5 heteroatoms. The van der Waals surface area contributed by atoms with Gasteiger partial charge in [0.1, 0.15) is 0 Å². The zero-order chi connectivity index (χ0) is 10.4. The van der Waals surface area contributed by atoms with Crippen LogP contribution < -0.4 is 10.6 Å². The van der Waals surface area contributed by atoms with Crippen LogP contribution in [0.5, 0.6) is 0 Å². The monoisotopic (exact) mass is 193 g/mol. The molecule has 74 valence electrons. The van der Waals surface area contributed by atoms with Gasteiger partial charge in [-0.25, -0.2) is 0 Å². The summed E-state index contributed by atoms with van der Waals surface area (Å²) in [5, 5.41) is 4.98. The molecule has 0 saturated heterocycles. The molecule has 0 aromatic carbocycles. The number of aromatic nitrogens is 1. The molecule has 0 aliphatic rings. The van der Waals surface area contributed by atoms with Crippen molar-refractivity contribution >= 4 is 17.5 Å². The molecule has 5 nitrogen and oxygen atoms in total. The summed E-state index contributed by atoms with van der Waals surface area (Å²) in [6.07, 6.45) is 3.15. The van der Waals surface area contributed by atoms with E-state index in [-0.39, 0.29) is 18.4 Å². The Bertz CT molecular complexity index is 324. The Hall–Kier alpha value is -1.91. The molecule has 2 amide bonds. The molecule has 0 atom stereocenters. The third-order valence-corrected chi connectivity index (χ3v) is 1.44. The van der Waals surface area contributed by atoms with E-state index < -0.39 is 0 Å². The van der Waals surface area contributed by atoms with Crippen LogP contribution in [0.25, 0.3) is 0 Å². The third kappa shape index (κ3) is 3.66. The summed E-state index contributed by atoms with van der Waals surface area (Å²) in [6.45, 7) is 1.33. The molecule has 0 radical (unpaired) electrons. The minimum atomic E-state index is -0.270.